The predicted octanol–water partition coefficient (Wildman–Crippen LogP) is 4.70. The van der Waals surface area contributed by atoms with E-state index in [1.165, 1.54) is 23.3 Å². The Morgan fingerprint density at radius 2 is 1.78 bits per heavy atom. The number of rotatable bonds is 6. The van der Waals surface area contributed by atoms with E-state index in [1.54, 1.807) is 19.2 Å². The molecule has 1 saturated heterocycles. The lowest BCUT2D eigenvalue weighted by atomic mass is 9.98. The van der Waals surface area contributed by atoms with Gasteiger partial charge < -0.3 is 19.5 Å². The molecule has 0 radical (unpaired) electrons. The van der Waals surface area contributed by atoms with Crippen LogP contribution in [-0.2, 0) is 16.1 Å². The maximum Gasteiger partial charge on any atom is 0.295 e. The Bertz CT molecular complexity index is 1200. The predicted molar refractivity (Wildman–Crippen MR) is 123 cm³/mol. The summed E-state index contributed by atoms with van der Waals surface area (Å²) < 4.78 is 10.8. The summed E-state index contributed by atoms with van der Waals surface area (Å²) in [5.41, 5.74) is 2.09. The third-order valence-electron chi connectivity index (χ3n) is 5.50. The number of carbonyl (C=O) groups excluding carboxylic acids is 2. The first-order chi connectivity index (χ1) is 15.5. The molecule has 0 bridgehead atoms. The molecule has 0 saturated carbocycles. The van der Waals surface area contributed by atoms with Crippen molar-refractivity contribution >= 4 is 28.8 Å². The van der Waals surface area contributed by atoms with Crippen molar-refractivity contribution in [1.82, 2.24) is 4.90 Å². The highest BCUT2D eigenvalue weighted by atomic mass is 32.1. The molecule has 1 aliphatic heterocycles. The number of likely N-dealkylation sites (tertiary alicyclic amines) is 1. The molecule has 1 fully saturated rings. The molecule has 6 nitrogen and oxygen atoms in total. The van der Waals surface area contributed by atoms with Gasteiger partial charge in [0.25, 0.3) is 11.7 Å². The van der Waals surface area contributed by atoms with Crippen molar-refractivity contribution in [2.24, 2.45) is 0 Å². The maximum atomic E-state index is 13.2. The number of nitrogens with zero attached hydrogens (tertiary/aromatic N) is 1. The number of amides is 1. The molecule has 3 aromatic rings. The molecular formula is C25H23NO5S. The number of para-hydroxylation sites is 1. The molecule has 2 heterocycles. The molecule has 32 heavy (non-hydrogen) atoms. The fraction of sp³-hybridized carbons (Fsp3) is 0.200. The van der Waals surface area contributed by atoms with E-state index in [0.29, 0.717) is 17.1 Å². The van der Waals surface area contributed by atoms with E-state index in [0.717, 1.165) is 16.0 Å². The van der Waals surface area contributed by atoms with Crippen molar-refractivity contribution in [3.05, 3.63) is 87.1 Å². The van der Waals surface area contributed by atoms with Gasteiger partial charge in [0.05, 0.1) is 37.9 Å². The van der Waals surface area contributed by atoms with Crippen LogP contribution in [0.25, 0.3) is 5.76 Å². The summed E-state index contributed by atoms with van der Waals surface area (Å²) in [6.45, 7) is 2.05. The Labute approximate surface area is 190 Å². The van der Waals surface area contributed by atoms with Crippen molar-refractivity contribution < 1.29 is 24.2 Å². The van der Waals surface area contributed by atoms with Crippen LogP contribution in [-0.4, -0.2) is 35.9 Å². The van der Waals surface area contributed by atoms with Gasteiger partial charge in [0.1, 0.15) is 17.3 Å². The summed E-state index contributed by atoms with van der Waals surface area (Å²) >= 11 is 1.42. The fourth-order valence-corrected chi connectivity index (χ4v) is 4.80. The second-order valence-corrected chi connectivity index (χ2v) is 8.44. The van der Waals surface area contributed by atoms with Crippen molar-refractivity contribution in [2.45, 2.75) is 19.5 Å². The van der Waals surface area contributed by atoms with Crippen LogP contribution in [0.4, 0.5) is 0 Å². The van der Waals surface area contributed by atoms with E-state index >= 15 is 0 Å². The number of ether oxygens (including phenoxy) is 2. The number of thiophene rings is 1. The van der Waals surface area contributed by atoms with Gasteiger partial charge in [0.2, 0.25) is 0 Å². The van der Waals surface area contributed by atoms with Gasteiger partial charge in [0, 0.05) is 10.4 Å². The van der Waals surface area contributed by atoms with E-state index in [4.69, 9.17) is 9.47 Å². The van der Waals surface area contributed by atoms with E-state index in [-0.39, 0.29) is 17.9 Å². The summed E-state index contributed by atoms with van der Waals surface area (Å²) in [7, 11) is 3.06. The van der Waals surface area contributed by atoms with Crippen LogP contribution in [0, 0.1) is 6.92 Å². The zero-order chi connectivity index (χ0) is 22.8. The lowest BCUT2D eigenvalue weighted by Crippen LogP contribution is -2.29. The van der Waals surface area contributed by atoms with Gasteiger partial charge >= 0.3 is 0 Å². The Kier molecular flexibility index (Phi) is 6.01. The lowest BCUT2D eigenvalue weighted by Gasteiger charge is -2.25. The molecule has 1 aliphatic rings. The third-order valence-corrected chi connectivity index (χ3v) is 6.42. The van der Waals surface area contributed by atoms with Crippen LogP contribution in [0.1, 0.15) is 27.6 Å². The Hall–Kier alpha value is -3.58. The van der Waals surface area contributed by atoms with E-state index in [1.807, 2.05) is 54.8 Å². The number of aliphatic hydroxyl groups is 1. The number of hydrogen-bond acceptors (Lipinski definition) is 6. The van der Waals surface area contributed by atoms with Gasteiger partial charge in [-0.15, -0.1) is 11.3 Å². The molecule has 4 rings (SSSR count). The number of methoxy groups -OCH3 is 2. The van der Waals surface area contributed by atoms with Gasteiger partial charge in [-0.25, -0.2) is 0 Å². The number of benzene rings is 2. The molecule has 2 aromatic carbocycles. The molecule has 1 amide bonds. The molecule has 7 heteroatoms. The summed E-state index contributed by atoms with van der Waals surface area (Å²) in [6.07, 6.45) is 0. The minimum Gasteiger partial charge on any atom is -0.507 e. The van der Waals surface area contributed by atoms with Crippen molar-refractivity contribution in [1.29, 1.82) is 0 Å². The van der Waals surface area contributed by atoms with E-state index in [9.17, 15) is 14.7 Å². The molecule has 0 spiro atoms. The molecule has 164 valence electrons. The quantitative estimate of drug-likeness (QED) is 0.336. The standard InChI is InChI=1S/C25H23NO5S/c1-15-10-11-19(31-3)17(13-15)23(27)21-22(20-9-6-12-32-20)26(25(29)24(21)28)14-16-7-4-5-8-18(16)30-2/h4-13,22,27H,14H2,1-3H3/b23-21-. The van der Waals surface area contributed by atoms with Crippen LogP contribution >= 0.6 is 11.3 Å². The van der Waals surface area contributed by atoms with Gasteiger partial charge in [0.15, 0.2) is 0 Å². The van der Waals surface area contributed by atoms with Gasteiger partial charge in [-0.05, 0) is 36.6 Å². The summed E-state index contributed by atoms with van der Waals surface area (Å²) in [4.78, 5) is 28.6. The van der Waals surface area contributed by atoms with Gasteiger partial charge in [-0.2, -0.15) is 0 Å². The number of hydrogen-bond donors (Lipinski definition) is 1. The average Bonchev–Trinajstić information content (AvgIpc) is 3.42. The molecule has 0 aliphatic carbocycles. The second-order valence-electron chi connectivity index (χ2n) is 7.46. The highest BCUT2D eigenvalue weighted by Crippen LogP contribution is 2.43. The fourth-order valence-electron chi connectivity index (χ4n) is 3.95. The Morgan fingerprint density at radius 3 is 2.47 bits per heavy atom. The molecule has 1 atom stereocenters. The number of aliphatic hydroxyl groups excluding tert-OH is 1. The number of ketones is 1. The minimum absolute atomic E-state index is 0.0521. The van der Waals surface area contributed by atoms with Crippen LogP contribution in [0.3, 0.4) is 0 Å². The summed E-state index contributed by atoms with van der Waals surface area (Å²) in [5.74, 6) is -0.583. The van der Waals surface area contributed by atoms with E-state index in [2.05, 4.69) is 0 Å². The first-order valence-electron chi connectivity index (χ1n) is 10.0. The van der Waals surface area contributed by atoms with Crippen LogP contribution in [0.5, 0.6) is 11.5 Å². The van der Waals surface area contributed by atoms with Crippen LogP contribution < -0.4 is 9.47 Å². The summed E-state index contributed by atoms with van der Waals surface area (Å²) in [6, 6.07) is 15.7. The topological polar surface area (TPSA) is 76.1 Å². The van der Waals surface area contributed by atoms with Gasteiger partial charge in [-0.3, -0.25) is 9.59 Å². The largest absolute Gasteiger partial charge is 0.507 e. The highest BCUT2D eigenvalue weighted by Gasteiger charge is 2.47. The maximum absolute atomic E-state index is 13.2. The third kappa shape index (κ3) is 3.76. The Morgan fingerprint density at radius 1 is 1.03 bits per heavy atom. The molecule has 1 aromatic heterocycles. The van der Waals surface area contributed by atoms with Crippen molar-refractivity contribution in [3.8, 4) is 11.5 Å². The van der Waals surface area contributed by atoms with Crippen molar-refractivity contribution in [3.63, 3.8) is 0 Å². The van der Waals surface area contributed by atoms with Crippen LogP contribution in [0.2, 0.25) is 0 Å². The first kappa shape index (κ1) is 21.6. The lowest BCUT2D eigenvalue weighted by molar-refractivity contribution is -0.140. The number of carbonyl (C=O) groups is 2. The van der Waals surface area contributed by atoms with Crippen LogP contribution in [0.15, 0.2) is 65.6 Å². The van der Waals surface area contributed by atoms with Crippen molar-refractivity contribution in [2.75, 3.05) is 14.2 Å². The number of aryl methyl sites for hydroxylation is 1. The zero-order valence-electron chi connectivity index (χ0n) is 18.0. The highest BCUT2D eigenvalue weighted by molar-refractivity contribution is 7.10. The minimum atomic E-state index is -0.723. The molecule has 1 N–H and O–H groups in total. The normalized spacial score (nSPS) is 17.6. The monoisotopic (exact) mass is 449 g/mol. The molecule has 1 unspecified atom stereocenters. The average molecular weight is 450 g/mol. The SMILES string of the molecule is COc1ccccc1CN1C(=O)C(=O)/C(=C(\O)c2cc(C)ccc2OC)C1c1cccs1. The second kappa shape index (κ2) is 8.88. The first-order valence-corrected chi connectivity index (χ1v) is 10.9. The van der Waals surface area contributed by atoms with E-state index < -0.39 is 17.7 Å². The smallest absolute Gasteiger partial charge is 0.295 e. The molecular weight excluding hydrogens is 426 g/mol. The Balaban J connectivity index is 1.88. The number of Topliss-reactive ketones (excluding diaryl/α,β-unsaturated/α-hetero) is 1. The van der Waals surface area contributed by atoms with Gasteiger partial charge in [-0.1, -0.05) is 35.9 Å². The summed E-state index contributed by atoms with van der Waals surface area (Å²) in [5, 5.41) is 13.2. The zero-order valence-corrected chi connectivity index (χ0v) is 18.8.